The summed E-state index contributed by atoms with van der Waals surface area (Å²) < 4.78 is 1.44. The van der Waals surface area contributed by atoms with E-state index < -0.39 is 0 Å². The number of nitrogens with one attached hydrogen (secondary N) is 1. The van der Waals surface area contributed by atoms with E-state index in [0.717, 1.165) is 24.9 Å². The molecule has 0 aliphatic heterocycles. The number of amides is 1. The summed E-state index contributed by atoms with van der Waals surface area (Å²) in [5.41, 5.74) is 4.05. The highest BCUT2D eigenvalue weighted by atomic mass is 32.1. The van der Waals surface area contributed by atoms with E-state index in [2.05, 4.69) is 16.4 Å². The summed E-state index contributed by atoms with van der Waals surface area (Å²) in [5.74, 6) is -0.165. The molecule has 1 amide bonds. The molecule has 0 fully saturated rings. The number of thiophene rings is 1. The van der Waals surface area contributed by atoms with E-state index in [1.807, 2.05) is 19.1 Å². The molecule has 1 aromatic carbocycles. The number of hydrogen-bond donors (Lipinski definition) is 1. The Labute approximate surface area is 149 Å². The fourth-order valence-corrected chi connectivity index (χ4v) is 4.54. The number of carbonyl (C=O) groups excluding carboxylic acids is 1. The molecule has 2 aromatic heterocycles. The number of rotatable bonds is 2. The maximum Gasteiger partial charge on any atom is 0.266 e. The monoisotopic (exact) mass is 353 g/mol. The van der Waals surface area contributed by atoms with Gasteiger partial charge in [0.1, 0.15) is 4.83 Å². The molecule has 0 saturated heterocycles. The van der Waals surface area contributed by atoms with Crippen LogP contribution in [0.2, 0.25) is 0 Å². The maximum absolute atomic E-state index is 12.8. The van der Waals surface area contributed by atoms with E-state index in [9.17, 15) is 9.59 Å². The van der Waals surface area contributed by atoms with Crippen molar-refractivity contribution in [2.45, 2.75) is 32.6 Å². The third-order valence-corrected chi connectivity index (χ3v) is 6.06. The molecule has 1 aliphatic rings. The Bertz CT molecular complexity index is 1050. The van der Waals surface area contributed by atoms with Crippen LogP contribution in [-0.2, 0) is 19.9 Å². The topological polar surface area (TPSA) is 64.0 Å². The van der Waals surface area contributed by atoms with Crippen LogP contribution in [-0.4, -0.2) is 15.5 Å². The quantitative estimate of drug-likeness (QED) is 0.768. The van der Waals surface area contributed by atoms with Crippen LogP contribution in [0.5, 0.6) is 0 Å². The fraction of sp³-hybridized carbons (Fsp3) is 0.316. The van der Waals surface area contributed by atoms with E-state index in [4.69, 9.17) is 0 Å². The second kappa shape index (κ2) is 6.11. The first kappa shape index (κ1) is 16.0. The van der Waals surface area contributed by atoms with Gasteiger partial charge in [-0.25, -0.2) is 4.98 Å². The standard InChI is InChI=1S/C19H19N3O2S/c1-11-15-18(20-10-22(2)19(15)24)25-16(11)17(23)21-14-9-5-7-12-6-3-4-8-13(12)14/h5,7,9-10H,3-4,6,8H2,1-2H3,(H,21,23). The molecule has 0 bridgehead atoms. The minimum absolute atomic E-state index is 0.116. The number of carbonyl (C=O) groups is 1. The number of hydrogen-bond acceptors (Lipinski definition) is 4. The van der Waals surface area contributed by atoms with Crippen LogP contribution in [0.25, 0.3) is 10.2 Å². The van der Waals surface area contributed by atoms with Crippen LogP contribution in [0, 0.1) is 6.92 Å². The van der Waals surface area contributed by atoms with Crippen molar-refractivity contribution in [2.24, 2.45) is 7.05 Å². The first-order valence-electron chi connectivity index (χ1n) is 8.43. The van der Waals surface area contributed by atoms with Crippen LogP contribution in [0.4, 0.5) is 5.69 Å². The molecule has 2 heterocycles. The first-order valence-corrected chi connectivity index (χ1v) is 9.24. The molecule has 6 heteroatoms. The largest absolute Gasteiger partial charge is 0.321 e. The molecule has 0 unspecified atom stereocenters. The summed E-state index contributed by atoms with van der Waals surface area (Å²) in [5, 5.41) is 3.59. The Kier molecular flexibility index (Phi) is 3.92. The van der Waals surface area contributed by atoms with E-state index in [1.54, 1.807) is 7.05 Å². The minimum Gasteiger partial charge on any atom is -0.321 e. The van der Waals surface area contributed by atoms with Crippen LogP contribution in [0.3, 0.4) is 0 Å². The molecule has 0 spiro atoms. The van der Waals surface area contributed by atoms with Crippen molar-refractivity contribution in [1.82, 2.24) is 9.55 Å². The van der Waals surface area contributed by atoms with Gasteiger partial charge < -0.3 is 9.88 Å². The SMILES string of the molecule is Cc1c(C(=O)Nc2cccc3c2CCCC3)sc2ncn(C)c(=O)c12. The predicted octanol–water partition coefficient (Wildman–Crippen LogP) is 3.43. The average molecular weight is 353 g/mol. The zero-order chi connectivity index (χ0) is 17.6. The van der Waals surface area contributed by atoms with Gasteiger partial charge in [-0.1, -0.05) is 12.1 Å². The predicted molar refractivity (Wildman–Crippen MR) is 101 cm³/mol. The van der Waals surface area contributed by atoms with Crippen LogP contribution < -0.4 is 10.9 Å². The summed E-state index contributed by atoms with van der Waals surface area (Å²) >= 11 is 1.28. The summed E-state index contributed by atoms with van der Waals surface area (Å²) in [4.78, 5) is 30.6. The van der Waals surface area contributed by atoms with E-state index >= 15 is 0 Å². The van der Waals surface area contributed by atoms with Crippen molar-refractivity contribution in [2.75, 3.05) is 5.32 Å². The van der Waals surface area contributed by atoms with Crippen molar-refractivity contribution in [3.05, 3.63) is 56.4 Å². The molecular formula is C19H19N3O2S. The molecule has 5 nitrogen and oxygen atoms in total. The molecule has 1 N–H and O–H groups in total. The van der Waals surface area contributed by atoms with Gasteiger partial charge in [-0.2, -0.15) is 0 Å². The highest BCUT2D eigenvalue weighted by molar-refractivity contribution is 7.20. The van der Waals surface area contributed by atoms with Crippen LogP contribution >= 0.6 is 11.3 Å². The number of aromatic nitrogens is 2. The van der Waals surface area contributed by atoms with Gasteiger partial charge >= 0.3 is 0 Å². The summed E-state index contributed by atoms with van der Waals surface area (Å²) in [6.07, 6.45) is 5.92. The third kappa shape index (κ3) is 2.66. The Morgan fingerprint density at radius 2 is 2.08 bits per heavy atom. The molecule has 4 rings (SSSR count). The number of aryl methyl sites for hydroxylation is 3. The molecular weight excluding hydrogens is 334 g/mol. The molecule has 0 atom stereocenters. The number of fused-ring (bicyclic) bond motifs is 2. The van der Waals surface area contributed by atoms with Gasteiger partial charge in [-0.15, -0.1) is 11.3 Å². The van der Waals surface area contributed by atoms with Crippen LogP contribution in [0.15, 0.2) is 29.3 Å². The maximum atomic E-state index is 12.8. The Morgan fingerprint density at radius 3 is 2.92 bits per heavy atom. The van der Waals surface area contributed by atoms with E-state index in [0.29, 0.717) is 20.7 Å². The first-order chi connectivity index (χ1) is 12.1. The lowest BCUT2D eigenvalue weighted by atomic mass is 9.90. The highest BCUT2D eigenvalue weighted by Gasteiger charge is 2.21. The van der Waals surface area contributed by atoms with E-state index in [1.165, 1.54) is 39.8 Å². The molecule has 128 valence electrons. The normalized spacial score (nSPS) is 13.7. The van der Waals surface area contributed by atoms with Crippen molar-refractivity contribution in [3.63, 3.8) is 0 Å². The average Bonchev–Trinajstić information content (AvgIpc) is 2.96. The number of anilines is 1. The molecule has 1 aliphatic carbocycles. The lowest BCUT2D eigenvalue weighted by Crippen LogP contribution is -2.17. The van der Waals surface area contributed by atoms with Crippen molar-refractivity contribution in [1.29, 1.82) is 0 Å². The molecule has 0 saturated carbocycles. The summed E-state index contributed by atoms with van der Waals surface area (Å²) in [6.45, 7) is 1.82. The Morgan fingerprint density at radius 1 is 1.28 bits per heavy atom. The smallest absolute Gasteiger partial charge is 0.266 e. The van der Waals surface area contributed by atoms with Crippen molar-refractivity contribution < 1.29 is 4.79 Å². The van der Waals surface area contributed by atoms with Gasteiger partial charge in [0.05, 0.1) is 16.6 Å². The van der Waals surface area contributed by atoms with Crippen molar-refractivity contribution in [3.8, 4) is 0 Å². The summed E-state index contributed by atoms with van der Waals surface area (Å²) in [7, 11) is 1.67. The minimum atomic E-state index is -0.165. The lowest BCUT2D eigenvalue weighted by molar-refractivity contribution is 0.103. The van der Waals surface area contributed by atoms with Crippen molar-refractivity contribution >= 4 is 33.1 Å². The van der Waals surface area contributed by atoms with Gasteiger partial charge in [-0.05, 0) is 55.4 Å². The molecule has 0 radical (unpaired) electrons. The van der Waals surface area contributed by atoms with Gasteiger partial charge in [0.25, 0.3) is 11.5 Å². The van der Waals surface area contributed by atoms with Crippen LogP contribution in [0.1, 0.15) is 39.2 Å². The Balaban J connectivity index is 1.73. The Hall–Kier alpha value is -2.47. The lowest BCUT2D eigenvalue weighted by Gasteiger charge is -2.19. The number of nitrogens with zero attached hydrogens (tertiary/aromatic N) is 2. The van der Waals surface area contributed by atoms with Gasteiger partial charge in [0.15, 0.2) is 0 Å². The zero-order valence-corrected chi connectivity index (χ0v) is 15.1. The second-order valence-corrected chi connectivity index (χ2v) is 7.50. The number of benzene rings is 1. The second-order valence-electron chi connectivity index (χ2n) is 6.50. The van der Waals surface area contributed by atoms with E-state index in [-0.39, 0.29) is 11.5 Å². The molecule has 3 aromatic rings. The third-order valence-electron chi connectivity index (χ3n) is 4.86. The zero-order valence-electron chi connectivity index (χ0n) is 14.3. The summed E-state index contributed by atoms with van der Waals surface area (Å²) in [6, 6.07) is 6.10. The van der Waals surface area contributed by atoms with Gasteiger partial charge in [0, 0.05) is 12.7 Å². The van der Waals surface area contributed by atoms with Gasteiger partial charge in [-0.3, -0.25) is 9.59 Å². The molecule has 25 heavy (non-hydrogen) atoms. The van der Waals surface area contributed by atoms with Gasteiger partial charge in [0.2, 0.25) is 0 Å². The highest BCUT2D eigenvalue weighted by Crippen LogP contribution is 2.31. The fourth-order valence-electron chi connectivity index (χ4n) is 3.50.